The van der Waals surface area contributed by atoms with Crippen molar-refractivity contribution >= 4 is 40.4 Å². The zero-order valence-corrected chi connectivity index (χ0v) is 23.4. The average Bonchev–Trinajstić information content (AvgIpc) is 3.26. The van der Waals surface area contributed by atoms with Crippen molar-refractivity contribution in [1.82, 2.24) is 23.8 Å². The van der Waals surface area contributed by atoms with Crippen LogP contribution < -0.4 is 14.8 Å². The summed E-state index contributed by atoms with van der Waals surface area (Å²) in [6.07, 6.45) is 4.82. The Balaban J connectivity index is 1.34. The van der Waals surface area contributed by atoms with Gasteiger partial charge in [-0.25, -0.2) is 14.3 Å². The summed E-state index contributed by atoms with van der Waals surface area (Å²) >= 11 is 0.944. The van der Waals surface area contributed by atoms with E-state index in [0.29, 0.717) is 41.1 Å². The van der Waals surface area contributed by atoms with Crippen molar-refractivity contribution in [2.75, 3.05) is 24.2 Å². The number of methoxy groups -OCH3 is 1. The van der Waals surface area contributed by atoms with Crippen LogP contribution in [0.25, 0.3) is 28.1 Å². The third-order valence-corrected chi connectivity index (χ3v) is 9.45. The fourth-order valence-electron chi connectivity index (χ4n) is 6.31. The average molecular weight is 568 g/mol. The number of rotatable bonds is 8. The second-order valence-corrected chi connectivity index (χ2v) is 11.8. The zero-order chi connectivity index (χ0) is 27.9. The molecule has 2 N–H and O–H groups in total. The van der Waals surface area contributed by atoms with Crippen LogP contribution in [0.3, 0.4) is 0 Å². The highest BCUT2D eigenvalue weighted by Crippen LogP contribution is 2.41. The first-order valence-corrected chi connectivity index (χ1v) is 14.7. The molecule has 2 saturated heterocycles. The molecule has 4 aliphatic rings. The first-order valence-electron chi connectivity index (χ1n) is 13.5. The Morgan fingerprint density at radius 2 is 2.05 bits per heavy atom. The highest BCUT2D eigenvalue weighted by molar-refractivity contribution is 7.99. The summed E-state index contributed by atoms with van der Waals surface area (Å²) < 4.78 is 38.0. The van der Waals surface area contributed by atoms with Crippen LogP contribution in [-0.4, -0.2) is 68.3 Å². The van der Waals surface area contributed by atoms with Crippen molar-refractivity contribution in [3.63, 3.8) is 0 Å². The molecule has 4 aromatic heterocycles. The second-order valence-electron chi connectivity index (χ2n) is 11.1. The molecule has 9 nitrogen and oxygen atoms in total. The number of pyridine rings is 2. The molecule has 3 atom stereocenters. The van der Waals surface area contributed by atoms with E-state index in [1.807, 2.05) is 34.4 Å². The largest absolute Gasteiger partial charge is 0.482 e. The van der Waals surface area contributed by atoms with Crippen molar-refractivity contribution in [3.05, 3.63) is 41.6 Å². The minimum absolute atomic E-state index is 0.0552. The first-order chi connectivity index (χ1) is 19.3. The van der Waals surface area contributed by atoms with Crippen molar-refractivity contribution < 1.29 is 18.3 Å². The van der Waals surface area contributed by atoms with Gasteiger partial charge in [0.25, 0.3) is 5.91 Å². The Hall–Kier alpha value is -3.38. The molecule has 2 aliphatic heterocycles. The van der Waals surface area contributed by atoms with Crippen LogP contribution in [0.2, 0.25) is 0 Å². The standard InChI is InChI=1S/C28H31F2N7O2S/c1-14-25(20-8-16-6-7-21(37(40-3)28(29)30)33-26(16)34(20)12-15-4-5-15)32-22-10-17(11-23(39-2)36(14)22)27(38)35-13-18-9-19(35)24(18)31/h6-8,10-11,15,18-19,24,28H,4-5,9,12-13,31H2,1-3H3. The number of alkyl halides is 2. The topological polar surface area (TPSA) is 93.9 Å². The van der Waals surface area contributed by atoms with Crippen LogP contribution in [0.1, 0.15) is 35.3 Å². The zero-order valence-electron chi connectivity index (χ0n) is 22.6. The molecule has 0 radical (unpaired) electrons. The van der Waals surface area contributed by atoms with E-state index in [-0.39, 0.29) is 23.8 Å². The van der Waals surface area contributed by atoms with Crippen LogP contribution in [-0.2, 0) is 6.54 Å². The van der Waals surface area contributed by atoms with E-state index in [1.54, 1.807) is 25.5 Å². The normalized spacial score (nSPS) is 22.0. The maximum absolute atomic E-state index is 13.7. The van der Waals surface area contributed by atoms with Crippen LogP contribution in [0.4, 0.5) is 14.6 Å². The van der Waals surface area contributed by atoms with E-state index in [9.17, 15) is 13.6 Å². The molecule has 0 spiro atoms. The lowest BCUT2D eigenvalue weighted by Gasteiger charge is -2.33. The minimum Gasteiger partial charge on any atom is -0.482 e. The van der Waals surface area contributed by atoms with Crippen LogP contribution in [0.5, 0.6) is 5.88 Å². The molecule has 2 aliphatic carbocycles. The number of ether oxygens (including phenoxy) is 1. The summed E-state index contributed by atoms with van der Waals surface area (Å²) in [6.45, 7) is 0.720. The maximum atomic E-state index is 13.7. The van der Waals surface area contributed by atoms with Crippen LogP contribution in [0.15, 0.2) is 30.3 Å². The molecule has 2 bridgehead atoms. The Morgan fingerprint density at radius 1 is 1.25 bits per heavy atom. The Kier molecular flexibility index (Phi) is 5.97. The van der Waals surface area contributed by atoms with Gasteiger partial charge in [-0.15, -0.1) is 0 Å². The predicted octanol–water partition coefficient (Wildman–Crippen LogP) is 4.56. The fraction of sp³-hybridized carbons (Fsp3) is 0.464. The van der Waals surface area contributed by atoms with Gasteiger partial charge in [0.1, 0.15) is 22.8 Å². The van der Waals surface area contributed by atoms with Gasteiger partial charge < -0.3 is 19.9 Å². The Bertz CT molecular complexity index is 1650. The van der Waals surface area contributed by atoms with Crippen molar-refractivity contribution in [2.24, 2.45) is 17.6 Å². The molecular formula is C28H31F2N7O2S. The number of anilines is 1. The van der Waals surface area contributed by atoms with Gasteiger partial charge in [-0.2, -0.15) is 8.78 Å². The molecule has 2 saturated carbocycles. The lowest BCUT2D eigenvalue weighted by molar-refractivity contribution is 0.0737. The summed E-state index contributed by atoms with van der Waals surface area (Å²) in [7, 11) is 1.58. The van der Waals surface area contributed by atoms with Gasteiger partial charge in [0.15, 0.2) is 5.88 Å². The third kappa shape index (κ3) is 3.87. The second kappa shape index (κ2) is 9.34. The predicted molar refractivity (Wildman–Crippen MR) is 151 cm³/mol. The van der Waals surface area contributed by atoms with E-state index >= 15 is 0 Å². The molecule has 0 aromatic carbocycles. The number of hydrogen-bond acceptors (Lipinski definition) is 7. The summed E-state index contributed by atoms with van der Waals surface area (Å²) in [5.41, 5.74) is 10.5. The number of imidazole rings is 1. The summed E-state index contributed by atoms with van der Waals surface area (Å²) in [6, 6.07) is 9.22. The SMILES string of the molecule is COc1cc(C(=O)N2CC3CC2C3N)cc2nc(-c3cc4ccc(N(SC)C(F)F)nc4n3CC3CC3)c(C)n12. The molecule has 4 aromatic rings. The number of halogens is 2. The number of carbonyl (C=O) groups excluding carboxylic acids is 1. The van der Waals surface area contributed by atoms with Gasteiger partial charge in [0, 0.05) is 48.4 Å². The molecule has 1 amide bonds. The van der Waals surface area contributed by atoms with E-state index in [1.165, 1.54) is 0 Å². The summed E-state index contributed by atoms with van der Waals surface area (Å²) in [5.74, 6) is 1.57. The highest BCUT2D eigenvalue weighted by atomic mass is 32.2. The summed E-state index contributed by atoms with van der Waals surface area (Å²) in [4.78, 5) is 25.0. The van der Waals surface area contributed by atoms with E-state index in [2.05, 4.69) is 9.55 Å². The lowest BCUT2D eigenvalue weighted by atomic mass is 9.81. The molecule has 4 fully saturated rings. The monoisotopic (exact) mass is 567 g/mol. The van der Waals surface area contributed by atoms with Crippen molar-refractivity contribution in [3.8, 4) is 17.3 Å². The molecule has 8 rings (SSSR count). The van der Waals surface area contributed by atoms with Crippen LogP contribution in [0, 0.1) is 18.8 Å². The number of hydrogen-bond donors (Lipinski definition) is 1. The Morgan fingerprint density at radius 3 is 2.67 bits per heavy atom. The minimum atomic E-state index is -2.67. The van der Waals surface area contributed by atoms with E-state index in [0.717, 1.165) is 64.5 Å². The van der Waals surface area contributed by atoms with Gasteiger partial charge in [0.2, 0.25) is 0 Å². The van der Waals surface area contributed by atoms with Crippen molar-refractivity contribution in [1.29, 1.82) is 0 Å². The number of amides is 1. The molecule has 40 heavy (non-hydrogen) atoms. The number of carbonyl (C=O) groups is 1. The smallest absolute Gasteiger partial charge is 0.325 e. The Labute approximate surface area is 234 Å². The number of nitrogens with two attached hydrogens (primary N) is 1. The molecule has 12 heteroatoms. The number of fused-ring (bicyclic) bond motifs is 3. The maximum Gasteiger partial charge on any atom is 0.325 e. The molecular weight excluding hydrogens is 536 g/mol. The molecule has 210 valence electrons. The van der Waals surface area contributed by atoms with Gasteiger partial charge in [-0.1, -0.05) is 0 Å². The number of aryl methyl sites for hydroxylation is 1. The molecule has 3 unspecified atom stereocenters. The molecule has 6 heterocycles. The number of nitrogens with zero attached hydrogens (tertiary/aromatic N) is 6. The van der Waals surface area contributed by atoms with E-state index < -0.39 is 6.55 Å². The van der Waals surface area contributed by atoms with Gasteiger partial charge in [-0.3, -0.25) is 9.20 Å². The van der Waals surface area contributed by atoms with Gasteiger partial charge in [-0.05, 0) is 74.2 Å². The van der Waals surface area contributed by atoms with E-state index in [4.69, 9.17) is 15.5 Å². The third-order valence-electron chi connectivity index (χ3n) is 8.71. The van der Waals surface area contributed by atoms with Gasteiger partial charge in [0.05, 0.1) is 18.5 Å². The van der Waals surface area contributed by atoms with Crippen LogP contribution >= 0.6 is 11.9 Å². The number of aromatic nitrogens is 4. The quantitative estimate of drug-likeness (QED) is 0.247. The summed E-state index contributed by atoms with van der Waals surface area (Å²) in [5, 5.41) is 0.860. The van der Waals surface area contributed by atoms with Crippen molar-refractivity contribution in [2.45, 2.75) is 51.4 Å². The lowest BCUT2D eigenvalue weighted by Crippen LogP contribution is -2.50. The first kappa shape index (κ1) is 25.6. The highest BCUT2D eigenvalue weighted by Gasteiger charge is 2.52. The van der Waals surface area contributed by atoms with Gasteiger partial charge >= 0.3 is 6.55 Å². The fourth-order valence-corrected chi connectivity index (χ4v) is 6.76.